The van der Waals surface area contributed by atoms with E-state index in [1.807, 2.05) is 32.0 Å². The summed E-state index contributed by atoms with van der Waals surface area (Å²) in [6.45, 7) is 5.35. The maximum Gasteiger partial charge on any atom is 0.339 e. The zero-order valence-corrected chi connectivity index (χ0v) is 20.4. The monoisotopic (exact) mass is 491 g/mol. The minimum absolute atomic E-state index is 0.0484. The predicted octanol–water partition coefficient (Wildman–Crippen LogP) is 4.21. The number of aryl methyl sites for hydroxylation is 2. The van der Waals surface area contributed by atoms with Crippen LogP contribution >= 0.6 is 0 Å². The number of esters is 1. The molecule has 0 saturated carbocycles. The second-order valence-electron chi connectivity index (χ2n) is 8.40. The summed E-state index contributed by atoms with van der Waals surface area (Å²) in [6, 6.07) is 18.9. The average Bonchev–Trinajstić information content (AvgIpc) is 2.83. The Hall–Kier alpha value is -3.75. The van der Waals surface area contributed by atoms with Crippen molar-refractivity contribution < 1.29 is 22.4 Å². The van der Waals surface area contributed by atoms with Gasteiger partial charge in [0.25, 0.3) is 0 Å². The van der Waals surface area contributed by atoms with Crippen LogP contribution in [-0.2, 0) is 21.2 Å². The molecule has 8 heteroatoms. The van der Waals surface area contributed by atoms with Crippen LogP contribution in [0.2, 0.25) is 0 Å². The smallest absolute Gasteiger partial charge is 0.339 e. The number of benzene rings is 3. The highest BCUT2D eigenvalue weighted by Gasteiger charge is 2.28. The van der Waals surface area contributed by atoms with Gasteiger partial charge in [-0.2, -0.15) is 4.72 Å². The van der Waals surface area contributed by atoms with E-state index in [1.54, 1.807) is 43.3 Å². The number of nitrogens with one attached hydrogen (secondary N) is 1. The molecule has 0 bridgehead atoms. The van der Waals surface area contributed by atoms with Crippen molar-refractivity contribution in [1.82, 2.24) is 4.72 Å². The number of hydrogen-bond donors (Lipinski definition) is 1. The van der Waals surface area contributed by atoms with Gasteiger partial charge in [-0.3, -0.25) is 0 Å². The molecule has 1 aromatic heterocycles. The number of carbonyl (C=O) groups is 1. The summed E-state index contributed by atoms with van der Waals surface area (Å²) in [5, 5.41) is 0.725. The number of carbonyl (C=O) groups excluding carboxylic acids is 1. The van der Waals surface area contributed by atoms with E-state index in [0.29, 0.717) is 5.56 Å². The molecular weight excluding hydrogens is 466 g/mol. The molecule has 7 nitrogen and oxygen atoms in total. The normalized spacial score (nSPS) is 12.4. The Morgan fingerprint density at radius 3 is 2.31 bits per heavy atom. The van der Waals surface area contributed by atoms with E-state index in [4.69, 9.17) is 9.15 Å². The highest BCUT2D eigenvalue weighted by atomic mass is 32.2. The van der Waals surface area contributed by atoms with Crippen molar-refractivity contribution in [3.63, 3.8) is 0 Å². The SMILES string of the molecule is Cc1ccc(S(=O)(=O)N[C@@H](Cc2ccccc2)C(=O)Oc2ccc3c(C)c(C)c(=O)oc3c2)cc1. The topological polar surface area (TPSA) is 103 Å². The van der Waals surface area contributed by atoms with Crippen LogP contribution in [0, 0.1) is 20.8 Å². The fraction of sp³-hybridized carbons (Fsp3) is 0.185. The molecule has 1 atom stereocenters. The minimum Gasteiger partial charge on any atom is -0.425 e. The molecule has 0 aliphatic rings. The van der Waals surface area contributed by atoms with E-state index >= 15 is 0 Å². The first kappa shape index (κ1) is 24.4. The van der Waals surface area contributed by atoms with Gasteiger partial charge in [0, 0.05) is 17.0 Å². The maximum absolute atomic E-state index is 13.2. The number of sulfonamides is 1. The Labute approximate surface area is 203 Å². The number of fused-ring (bicyclic) bond motifs is 1. The molecule has 0 spiro atoms. The predicted molar refractivity (Wildman–Crippen MR) is 133 cm³/mol. The van der Waals surface area contributed by atoms with Crippen molar-refractivity contribution in [1.29, 1.82) is 0 Å². The highest BCUT2D eigenvalue weighted by Crippen LogP contribution is 2.24. The lowest BCUT2D eigenvalue weighted by atomic mass is 10.1. The molecule has 0 amide bonds. The molecule has 0 fully saturated rings. The Bertz CT molecular complexity index is 1540. The van der Waals surface area contributed by atoms with Crippen molar-refractivity contribution in [3.8, 4) is 5.75 Å². The number of ether oxygens (including phenoxy) is 1. The van der Waals surface area contributed by atoms with Crippen molar-refractivity contribution >= 4 is 27.0 Å². The maximum atomic E-state index is 13.2. The number of hydrogen-bond acceptors (Lipinski definition) is 6. The second kappa shape index (κ2) is 9.85. The second-order valence-corrected chi connectivity index (χ2v) is 10.1. The van der Waals surface area contributed by atoms with Gasteiger partial charge in [-0.15, -0.1) is 0 Å². The molecule has 180 valence electrons. The Balaban J connectivity index is 1.64. The lowest BCUT2D eigenvalue weighted by molar-refractivity contribution is -0.136. The standard InChI is InChI=1S/C27H25NO6S/c1-17-9-12-22(13-10-17)35(31,32)28-24(15-20-7-5-4-6-8-20)27(30)33-21-11-14-23-18(2)19(3)26(29)34-25(23)16-21/h4-14,16,24,28H,15H2,1-3H3/t24-/m0/s1. The summed E-state index contributed by atoms with van der Waals surface area (Å²) in [5.41, 5.74) is 2.78. The molecule has 4 aromatic rings. The van der Waals surface area contributed by atoms with Crippen LogP contribution in [0.15, 0.2) is 86.9 Å². The molecule has 4 rings (SSSR count). The molecule has 0 saturated heterocycles. The van der Waals surface area contributed by atoms with Gasteiger partial charge in [0.2, 0.25) is 10.0 Å². The lowest BCUT2D eigenvalue weighted by Crippen LogP contribution is -2.44. The third-order valence-corrected chi connectivity index (χ3v) is 7.33. The molecule has 35 heavy (non-hydrogen) atoms. The summed E-state index contributed by atoms with van der Waals surface area (Å²) in [6.07, 6.45) is 0.0890. The van der Waals surface area contributed by atoms with Gasteiger partial charge in [0.1, 0.15) is 17.4 Å². The zero-order chi connectivity index (χ0) is 25.2. The number of rotatable bonds is 7. The third kappa shape index (κ3) is 5.50. The van der Waals surface area contributed by atoms with E-state index in [9.17, 15) is 18.0 Å². The van der Waals surface area contributed by atoms with Crippen molar-refractivity contribution in [3.05, 3.63) is 105 Å². The van der Waals surface area contributed by atoms with Crippen LogP contribution in [-0.4, -0.2) is 20.4 Å². The van der Waals surface area contributed by atoms with Crippen LogP contribution in [0.4, 0.5) is 0 Å². The Morgan fingerprint density at radius 1 is 0.943 bits per heavy atom. The van der Waals surface area contributed by atoms with E-state index in [2.05, 4.69) is 4.72 Å². The minimum atomic E-state index is -4.00. The molecule has 1 heterocycles. The van der Waals surface area contributed by atoms with Crippen LogP contribution in [0.3, 0.4) is 0 Å². The summed E-state index contributed by atoms with van der Waals surface area (Å²) in [5.74, 6) is -0.642. The highest BCUT2D eigenvalue weighted by molar-refractivity contribution is 7.89. The van der Waals surface area contributed by atoms with E-state index in [-0.39, 0.29) is 22.6 Å². The summed E-state index contributed by atoms with van der Waals surface area (Å²) in [4.78, 5) is 25.3. The molecular formula is C27H25NO6S. The third-order valence-electron chi connectivity index (χ3n) is 5.84. The molecule has 3 aromatic carbocycles. The van der Waals surface area contributed by atoms with Gasteiger partial charge in [-0.1, -0.05) is 48.0 Å². The van der Waals surface area contributed by atoms with Gasteiger partial charge in [-0.25, -0.2) is 18.0 Å². The van der Waals surface area contributed by atoms with Crippen LogP contribution < -0.4 is 15.1 Å². The van der Waals surface area contributed by atoms with Crippen molar-refractivity contribution in [2.75, 3.05) is 0 Å². The quantitative estimate of drug-likeness (QED) is 0.236. The van der Waals surface area contributed by atoms with Gasteiger partial charge < -0.3 is 9.15 Å². The average molecular weight is 492 g/mol. The summed E-state index contributed by atoms with van der Waals surface area (Å²) < 4.78 is 39.4. The van der Waals surface area contributed by atoms with E-state index < -0.39 is 27.7 Å². The Morgan fingerprint density at radius 2 is 1.63 bits per heavy atom. The zero-order valence-electron chi connectivity index (χ0n) is 19.6. The fourth-order valence-electron chi connectivity index (χ4n) is 3.67. The first-order valence-corrected chi connectivity index (χ1v) is 12.5. The molecule has 0 aliphatic carbocycles. The largest absolute Gasteiger partial charge is 0.425 e. The van der Waals surface area contributed by atoms with Crippen LogP contribution in [0.5, 0.6) is 5.75 Å². The van der Waals surface area contributed by atoms with Gasteiger partial charge >= 0.3 is 11.6 Å². The molecule has 1 N–H and O–H groups in total. The molecule has 0 aliphatic heterocycles. The van der Waals surface area contributed by atoms with Crippen molar-refractivity contribution in [2.45, 2.75) is 38.1 Å². The summed E-state index contributed by atoms with van der Waals surface area (Å²) >= 11 is 0. The molecule has 0 radical (unpaired) electrons. The van der Waals surface area contributed by atoms with Crippen molar-refractivity contribution in [2.24, 2.45) is 0 Å². The van der Waals surface area contributed by atoms with Crippen LogP contribution in [0.1, 0.15) is 22.3 Å². The van der Waals surface area contributed by atoms with Gasteiger partial charge in [0.05, 0.1) is 4.90 Å². The molecule has 0 unspecified atom stereocenters. The first-order chi connectivity index (χ1) is 16.6. The lowest BCUT2D eigenvalue weighted by Gasteiger charge is -2.18. The van der Waals surface area contributed by atoms with E-state index in [0.717, 1.165) is 22.1 Å². The summed E-state index contributed by atoms with van der Waals surface area (Å²) in [7, 11) is -4.00. The van der Waals surface area contributed by atoms with Gasteiger partial charge in [-0.05, 0) is 62.6 Å². The van der Waals surface area contributed by atoms with Crippen LogP contribution in [0.25, 0.3) is 11.0 Å². The van der Waals surface area contributed by atoms with E-state index in [1.165, 1.54) is 18.2 Å². The fourth-order valence-corrected chi connectivity index (χ4v) is 4.86. The Kier molecular flexibility index (Phi) is 6.86. The van der Waals surface area contributed by atoms with Gasteiger partial charge in [0.15, 0.2) is 0 Å². The first-order valence-electron chi connectivity index (χ1n) is 11.0.